The van der Waals surface area contributed by atoms with Crippen LogP contribution in [0.25, 0.3) is 0 Å². The predicted molar refractivity (Wildman–Crippen MR) is 90.7 cm³/mol. The van der Waals surface area contributed by atoms with Gasteiger partial charge in [0.15, 0.2) is 0 Å². The van der Waals surface area contributed by atoms with E-state index in [1.54, 1.807) is 11.3 Å². The Labute approximate surface area is 137 Å². The number of nitrogens with zero attached hydrogens (tertiary/aromatic N) is 1. The number of rotatable bonds is 6. The lowest BCUT2D eigenvalue weighted by atomic mass is 10.0. The number of aryl methyl sites for hydroxylation is 1. The summed E-state index contributed by atoms with van der Waals surface area (Å²) >= 11 is 11.6. The maximum absolute atomic E-state index is 6.39. The van der Waals surface area contributed by atoms with Gasteiger partial charge in [-0.1, -0.05) is 40.5 Å². The van der Waals surface area contributed by atoms with Crippen LogP contribution in [0, 0.1) is 6.92 Å². The van der Waals surface area contributed by atoms with E-state index in [1.807, 2.05) is 19.1 Å². The first-order chi connectivity index (χ1) is 9.60. The molecule has 0 radical (unpaired) electrons. The third-order valence-electron chi connectivity index (χ3n) is 3.02. The summed E-state index contributed by atoms with van der Waals surface area (Å²) in [5.74, 6) is 0. The number of benzene rings is 1. The minimum absolute atomic E-state index is 0.209. The Morgan fingerprint density at radius 2 is 2.25 bits per heavy atom. The maximum atomic E-state index is 6.39. The molecule has 0 amide bonds. The Hall–Kier alpha value is -0.420. The summed E-state index contributed by atoms with van der Waals surface area (Å²) < 4.78 is 1.01. The van der Waals surface area contributed by atoms with Gasteiger partial charge in [-0.3, -0.25) is 0 Å². The molecular weight excluding hydrogens is 356 g/mol. The number of nitrogens with one attached hydrogen (secondary N) is 1. The van der Waals surface area contributed by atoms with Gasteiger partial charge in [0.05, 0.1) is 5.01 Å². The number of hydrogen-bond donors (Lipinski definition) is 1. The standard InChI is InChI=1S/C15H18BrClN2S/c1-3-6-18-14(8-15-19-10(2)9-20-15)12-5-4-11(16)7-13(12)17/h4-5,7,9,14,18H,3,6,8H2,1-2H3. The van der Waals surface area contributed by atoms with Crippen LogP contribution in [0.4, 0.5) is 0 Å². The van der Waals surface area contributed by atoms with Crippen molar-refractivity contribution >= 4 is 38.9 Å². The van der Waals surface area contributed by atoms with Crippen molar-refractivity contribution in [1.29, 1.82) is 0 Å². The van der Waals surface area contributed by atoms with Crippen molar-refractivity contribution < 1.29 is 0 Å². The minimum atomic E-state index is 0.209. The highest BCUT2D eigenvalue weighted by Crippen LogP contribution is 2.29. The number of thiazole rings is 1. The Bertz CT molecular complexity index is 571. The van der Waals surface area contributed by atoms with E-state index in [1.165, 1.54) is 0 Å². The van der Waals surface area contributed by atoms with Gasteiger partial charge >= 0.3 is 0 Å². The molecule has 1 atom stereocenters. The van der Waals surface area contributed by atoms with Crippen molar-refractivity contribution in [2.75, 3.05) is 6.54 Å². The quantitative estimate of drug-likeness (QED) is 0.757. The van der Waals surface area contributed by atoms with Crippen molar-refractivity contribution in [2.24, 2.45) is 0 Å². The van der Waals surface area contributed by atoms with Crippen molar-refractivity contribution in [3.05, 3.63) is 49.3 Å². The summed E-state index contributed by atoms with van der Waals surface area (Å²) in [6.07, 6.45) is 1.97. The van der Waals surface area contributed by atoms with Gasteiger partial charge in [0.25, 0.3) is 0 Å². The van der Waals surface area contributed by atoms with Gasteiger partial charge in [0.1, 0.15) is 0 Å². The van der Waals surface area contributed by atoms with Crippen LogP contribution in [0.3, 0.4) is 0 Å². The van der Waals surface area contributed by atoms with Crippen LogP contribution in [0.2, 0.25) is 5.02 Å². The van der Waals surface area contributed by atoms with Gasteiger partial charge in [-0.2, -0.15) is 0 Å². The van der Waals surface area contributed by atoms with Crippen LogP contribution in [0.1, 0.15) is 35.7 Å². The maximum Gasteiger partial charge on any atom is 0.0947 e. The third kappa shape index (κ3) is 4.29. The summed E-state index contributed by atoms with van der Waals surface area (Å²) in [7, 11) is 0. The van der Waals surface area contributed by atoms with E-state index in [2.05, 4.69) is 44.6 Å². The molecule has 0 aliphatic rings. The summed E-state index contributed by atoms with van der Waals surface area (Å²) in [5, 5.41) is 7.60. The van der Waals surface area contributed by atoms with Crippen molar-refractivity contribution in [3.8, 4) is 0 Å². The smallest absolute Gasteiger partial charge is 0.0947 e. The fraction of sp³-hybridized carbons (Fsp3) is 0.400. The number of halogens is 2. The van der Waals surface area contributed by atoms with E-state index in [-0.39, 0.29) is 6.04 Å². The van der Waals surface area contributed by atoms with E-state index in [9.17, 15) is 0 Å². The summed E-state index contributed by atoms with van der Waals surface area (Å²) in [6.45, 7) is 5.17. The second-order valence-corrected chi connectivity index (χ2v) is 7.02. The summed E-state index contributed by atoms with van der Waals surface area (Å²) in [6, 6.07) is 6.28. The molecule has 2 rings (SSSR count). The van der Waals surface area contributed by atoms with Crippen molar-refractivity contribution in [2.45, 2.75) is 32.7 Å². The SMILES string of the molecule is CCCNC(Cc1nc(C)cs1)c1ccc(Br)cc1Cl. The van der Waals surface area contributed by atoms with Gasteiger partial charge < -0.3 is 5.32 Å². The molecule has 0 spiro atoms. The molecule has 1 unspecified atom stereocenters. The lowest BCUT2D eigenvalue weighted by Crippen LogP contribution is -2.24. The molecule has 20 heavy (non-hydrogen) atoms. The van der Waals surface area contributed by atoms with Crippen LogP contribution in [0.5, 0.6) is 0 Å². The van der Waals surface area contributed by atoms with Gasteiger partial charge in [-0.25, -0.2) is 4.98 Å². The second kappa shape index (κ2) is 7.55. The average Bonchev–Trinajstić information content (AvgIpc) is 2.80. The topological polar surface area (TPSA) is 24.9 Å². The zero-order valence-electron chi connectivity index (χ0n) is 11.6. The van der Waals surface area contributed by atoms with Crippen LogP contribution in [-0.2, 0) is 6.42 Å². The summed E-state index contributed by atoms with van der Waals surface area (Å²) in [5.41, 5.74) is 2.22. The van der Waals surface area contributed by atoms with E-state index in [4.69, 9.17) is 11.6 Å². The molecule has 1 aromatic carbocycles. The van der Waals surface area contributed by atoms with E-state index >= 15 is 0 Å². The van der Waals surface area contributed by atoms with Crippen molar-refractivity contribution in [1.82, 2.24) is 10.3 Å². The predicted octanol–water partition coefficient (Wildman–Crippen LogP) is 5.15. The molecule has 2 aromatic rings. The third-order valence-corrected chi connectivity index (χ3v) is 4.83. The number of hydrogen-bond acceptors (Lipinski definition) is 3. The van der Waals surface area contributed by atoms with Crippen LogP contribution >= 0.6 is 38.9 Å². The Balaban J connectivity index is 2.22. The Kier molecular flexibility index (Phi) is 6.02. The first kappa shape index (κ1) is 16.0. The zero-order chi connectivity index (χ0) is 14.5. The first-order valence-corrected chi connectivity index (χ1v) is 8.74. The normalized spacial score (nSPS) is 12.6. The van der Waals surface area contributed by atoms with Crippen LogP contribution < -0.4 is 5.32 Å². The second-order valence-electron chi connectivity index (χ2n) is 4.76. The van der Waals surface area contributed by atoms with E-state index in [0.29, 0.717) is 0 Å². The molecule has 1 aromatic heterocycles. The molecule has 0 saturated carbocycles. The fourth-order valence-corrected chi connectivity index (χ4v) is 3.69. The monoisotopic (exact) mass is 372 g/mol. The molecule has 0 bridgehead atoms. The summed E-state index contributed by atoms with van der Waals surface area (Å²) in [4.78, 5) is 4.56. The largest absolute Gasteiger partial charge is 0.310 e. The van der Waals surface area contributed by atoms with Gasteiger partial charge in [0, 0.05) is 33.0 Å². The lowest BCUT2D eigenvalue weighted by Gasteiger charge is -2.19. The minimum Gasteiger partial charge on any atom is -0.310 e. The highest BCUT2D eigenvalue weighted by atomic mass is 79.9. The molecule has 0 saturated heterocycles. The average molecular weight is 374 g/mol. The molecule has 1 heterocycles. The molecule has 5 heteroatoms. The molecular formula is C15H18BrClN2S. The first-order valence-electron chi connectivity index (χ1n) is 6.69. The lowest BCUT2D eigenvalue weighted by molar-refractivity contribution is 0.528. The van der Waals surface area contributed by atoms with E-state index in [0.717, 1.165) is 45.1 Å². The van der Waals surface area contributed by atoms with Crippen LogP contribution in [0.15, 0.2) is 28.1 Å². The van der Waals surface area contributed by atoms with Gasteiger partial charge in [-0.05, 0) is 37.6 Å². The number of aromatic nitrogens is 1. The molecule has 2 nitrogen and oxygen atoms in total. The zero-order valence-corrected chi connectivity index (χ0v) is 14.8. The molecule has 0 fully saturated rings. The Morgan fingerprint density at radius 1 is 1.45 bits per heavy atom. The highest BCUT2D eigenvalue weighted by molar-refractivity contribution is 9.10. The molecule has 0 aliphatic carbocycles. The molecule has 1 N–H and O–H groups in total. The van der Waals surface area contributed by atoms with E-state index < -0.39 is 0 Å². The van der Waals surface area contributed by atoms with Gasteiger partial charge in [-0.15, -0.1) is 11.3 Å². The van der Waals surface area contributed by atoms with Crippen molar-refractivity contribution in [3.63, 3.8) is 0 Å². The molecule has 0 aliphatic heterocycles. The molecule has 108 valence electrons. The van der Waals surface area contributed by atoms with Crippen LogP contribution in [-0.4, -0.2) is 11.5 Å². The Morgan fingerprint density at radius 3 is 2.85 bits per heavy atom. The fourth-order valence-electron chi connectivity index (χ4n) is 2.07. The van der Waals surface area contributed by atoms with Gasteiger partial charge in [0.2, 0.25) is 0 Å². The highest BCUT2D eigenvalue weighted by Gasteiger charge is 2.16.